The Kier molecular flexibility index (Phi) is 4.31. The number of methoxy groups -OCH3 is 1. The first-order valence-corrected chi connectivity index (χ1v) is 5.15. The van der Waals surface area contributed by atoms with E-state index in [-0.39, 0.29) is 6.42 Å². The molecular weight excluding hydrogens is 208 g/mol. The van der Waals surface area contributed by atoms with Gasteiger partial charge in [0.1, 0.15) is 5.75 Å². The van der Waals surface area contributed by atoms with Crippen LogP contribution in [0.4, 0.5) is 0 Å². The SMILES string of the molecule is CCc1cc(C(O)CC(=O)O)ccc1OC. The summed E-state index contributed by atoms with van der Waals surface area (Å²) in [5, 5.41) is 18.2. The molecule has 4 heteroatoms. The van der Waals surface area contributed by atoms with Gasteiger partial charge in [0.25, 0.3) is 0 Å². The number of ether oxygens (including phenoxy) is 1. The van der Waals surface area contributed by atoms with Crippen LogP contribution in [0.25, 0.3) is 0 Å². The van der Waals surface area contributed by atoms with E-state index < -0.39 is 12.1 Å². The number of carbonyl (C=O) groups is 1. The zero-order chi connectivity index (χ0) is 12.1. The Labute approximate surface area is 94.5 Å². The fourth-order valence-corrected chi connectivity index (χ4v) is 1.57. The lowest BCUT2D eigenvalue weighted by molar-refractivity contribution is -0.139. The van der Waals surface area contributed by atoms with Crippen LogP contribution in [-0.2, 0) is 11.2 Å². The molecule has 0 aliphatic rings. The van der Waals surface area contributed by atoms with Gasteiger partial charge in [-0.2, -0.15) is 0 Å². The molecule has 88 valence electrons. The average Bonchev–Trinajstić information content (AvgIpc) is 2.27. The second kappa shape index (κ2) is 5.51. The van der Waals surface area contributed by atoms with Crippen LogP contribution in [0.5, 0.6) is 5.75 Å². The van der Waals surface area contributed by atoms with Crippen molar-refractivity contribution in [3.05, 3.63) is 29.3 Å². The van der Waals surface area contributed by atoms with E-state index in [0.29, 0.717) is 5.56 Å². The molecule has 0 radical (unpaired) electrons. The van der Waals surface area contributed by atoms with Crippen molar-refractivity contribution < 1.29 is 19.7 Å². The van der Waals surface area contributed by atoms with E-state index in [9.17, 15) is 9.90 Å². The molecule has 0 amide bonds. The normalized spacial score (nSPS) is 12.2. The summed E-state index contributed by atoms with van der Waals surface area (Å²) in [4.78, 5) is 10.5. The number of aliphatic carboxylic acids is 1. The molecule has 1 atom stereocenters. The standard InChI is InChI=1S/C12H16O4/c1-3-8-6-9(4-5-11(8)16-2)10(13)7-12(14)15/h4-6,10,13H,3,7H2,1-2H3,(H,14,15). The minimum absolute atomic E-state index is 0.282. The number of rotatable bonds is 5. The number of hydrogen-bond acceptors (Lipinski definition) is 3. The Morgan fingerprint density at radius 3 is 2.69 bits per heavy atom. The molecule has 0 aliphatic heterocycles. The number of aryl methyl sites for hydroxylation is 1. The van der Waals surface area contributed by atoms with Gasteiger partial charge in [-0.05, 0) is 29.7 Å². The van der Waals surface area contributed by atoms with Crippen LogP contribution in [0.1, 0.15) is 30.6 Å². The van der Waals surface area contributed by atoms with Crippen LogP contribution in [0.2, 0.25) is 0 Å². The molecule has 1 aromatic carbocycles. The van der Waals surface area contributed by atoms with Gasteiger partial charge in [-0.15, -0.1) is 0 Å². The Morgan fingerprint density at radius 2 is 2.19 bits per heavy atom. The van der Waals surface area contributed by atoms with Gasteiger partial charge in [0.05, 0.1) is 19.6 Å². The molecule has 1 rings (SSSR count). The lowest BCUT2D eigenvalue weighted by Crippen LogP contribution is -2.06. The van der Waals surface area contributed by atoms with Gasteiger partial charge in [-0.25, -0.2) is 0 Å². The van der Waals surface area contributed by atoms with E-state index in [2.05, 4.69) is 0 Å². The summed E-state index contributed by atoms with van der Waals surface area (Å²) in [6.45, 7) is 1.98. The molecule has 2 N–H and O–H groups in total. The molecule has 0 aromatic heterocycles. The van der Waals surface area contributed by atoms with Crippen LogP contribution in [0, 0.1) is 0 Å². The quantitative estimate of drug-likeness (QED) is 0.799. The number of benzene rings is 1. The highest BCUT2D eigenvalue weighted by molar-refractivity contribution is 5.67. The molecule has 1 aromatic rings. The minimum Gasteiger partial charge on any atom is -0.496 e. The number of carboxylic acid groups (broad SMARTS) is 1. The predicted molar refractivity (Wildman–Crippen MR) is 59.6 cm³/mol. The van der Waals surface area contributed by atoms with Gasteiger partial charge in [-0.3, -0.25) is 4.79 Å². The largest absolute Gasteiger partial charge is 0.496 e. The maximum absolute atomic E-state index is 10.5. The van der Waals surface area contributed by atoms with Gasteiger partial charge in [0.2, 0.25) is 0 Å². The van der Waals surface area contributed by atoms with E-state index in [4.69, 9.17) is 9.84 Å². The van der Waals surface area contributed by atoms with Crippen molar-refractivity contribution in [3.63, 3.8) is 0 Å². The van der Waals surface area contributed by atoms with Gasteiger partial charge in [0.15, 0.2) is 0 Å². The van der Waals surface area contributed by atoms with Gasteiger partial charge in [-0.1, -0.05) is 13.0 Å². The lowest BCUT2D eigenvalue weighted by Gasteiger charge is -2.12. The molecule has 0 spiro atoms. The van der Waals surface area contributed by atoms with E-state index in [1.165, 1.54) is 0 Å². The van der Waals surface area contributed by atoms with Crippen molar-refractivity contribution in [1.29, 1.82) is 0 Å². The maximum Gasteiger partial charge on any atom is 0.306 e. The Bertz CT molecular complexity index is 373. The van der Waals surface area contributed by atoms with Crippen molar-refractivity contribution in [3.8, 4) is 5.75 Å². The second-order valence-corrected chi connectivity index (χ2v) is 3.54. The molecular formula is C12H16O4. The van der Waals surface area contributed by atoms with Crippen LogP contribution in [0.15, 0.2) is 18.2 Å². The van der Waals surface area contributed by atoms with Crippen molar-refractivity contribution in [2.24, 2.45) is 0 Å². The molecule has 0 saturated heterocycles. The minimum atomic E-state index is -1.01. The topological polar surface area (TPSA) is 66.8 Å². The first-order valence-electron chi connectivity index (χ1n) is 5.15. The molecule has 1 unspecified atom stereocenters. The second-order valence-electron chi connectivity index (χ2n) is 3.54. The van der Waals surface area contributed by atoms with Crippen LogP contribution in [-0.4, -0.2) is 23.3 Å². The van der Waals surface area contributed by atoms with Crippen molar-refractivity contribution in [2.75, 3.05) is 7.11 Å². The van der Waals surface area contributed by atoms with Gasteiger partial charge in [0, 0.05) is 0 Å². The monoisotopic (exact) mass is 224 g/mol. The summed E-state index contributed by atoms with van der Waals surface area (Å²) in [7, 11) is 1.59. The molecule has 4 nitrogen and oxygen atoms in total. The third-order valence-corrected chi connectivity index (χ3v) is 2.44. The Hall–Kier alpha value is -1.55. The summed E-state index contributed by atoms with van der Waals surface area (Å²) in [5.41, 5.74) is 1.57. The smallest absolute Gasteiger partial charge is 0.306 e. The first kappa shape index (κ1) is 12.5. The number of carboxylic acids is 1. The van der Waals surface area contributed by atoms with Crippen molar-refractivity contribution in [1.82, 2.24) is 0 Å². The summed E-state index contributed by atoms with van der Waals surface area (Å²) >= 11 is 0. The maximum atomic E-state index is 10.5. The molecule has 0 heterocycles. The van der Waals surface area contributed by atoms with Crippen LogP contribution in [0.3, 0.4) is 0 Å². The molecule has 0 aliphatic carbocycles. The number of aliphatic hydroxyl groups excluding tert-OH is 1. The number of aliphatic hydroxyl groups is 1. The van der Waals surface area contributed by atoms with E-state index in [0.717, 1.165) is 17.7 Å². The van der Waals surface area contributed by atoms with Crippen molar-refractivity contribution >= 4 is 5.97 Å². The lowest BCUT2D eigenvalue weighted by atomic mass is 10.0. The summed E-state index contributed by atoms with van der Waals surface area (Å²) in [6, 6.07) is 5.22. The highest BCUT2D eigenvalue weighted by Gasteiger charge is 2.13. The Morgan fingerprint density at radius 1 is 1.50 bits per heavy atom. The summed E-state index contributed by atoms with van der Waals surface area (Å²) in [5.74, 6) is -0.254. The van der Waals surface area contributed by atoms with Crippen molar-refractivity contribution in [2.45, 2.75) is 25.9 Å². The Balaban J connectivity index is 2.93. The molecule has 0 bridgehead atoms. The zero-order valence-corrected chi connectivity index (χ0v) is 9.43. The highest BCUT2D eigenvalue weighted by Crippen LogP contribution is 2.25. The van der Waals surface area contributed by atoms with Crippen LogP contribution < -0.4 is 4.74 Å². The molecule has 0 fully saturated rings. The highest BCUT2D eigenvalue weighted by atomic mass is 16.5. The zero-order valence-electron chi connectivity index (χ0n) is 9.43. The fraction of sp³-hybridized carbons (Fsp3) is 0.417. The van der Waals surface area contributed by atoms with Gasteiger partial charge < -0.3 is 14.9 Å². The van der Waals surface area contributed by atoms with Crippen LogP contribution >= 0.6 is 0 Å². The van der Waals surface area contributed by atoms with E-state index in [1.807, 2.05) is 6.92 Å². The third kappa shape index (κ3) is 2.97. The first-order chi connectivity index (χ1) is 7.58. The summed E-state index contributed by atoms with van der Waals surface area (Å²) in [6.07, 6.45) is -0.472. The molecule has 16 heavy (non-hydrogen) atoms. The van der Waals surface area contributed by atoms with E-state index in [1.54, 1.807) is 25.3 Å². The summed E-state index contributed by atoms with van der Waals surface area (Å²) < 4.78 is 5.15. The van der Waals surface area contributed by atoms with Gasteiger partial charge >= 0.3 is 5.97 Å². The predicted octanol–water partition coefficient (Wildman–Crippen LogP) is 1.77. The third-order valence-electron chi connectivity index (χ3n) is 2.44. The molecule has 0 saturated carbocycles. The average molecular weight is 224 g/mol. The van der Waals surface area contributed by atoms with E-state index >= 15 is 0 Å². The number of hydrogen-bond donors (Lipinski definition) is 2. The fourth-order valence-electron chi connectivity index (χ4n) is 1.57.